The van der Waals surface area contributed by atoms with E-state index in [0.29, 0.717) is 6.61 Å². The largest absolute Gasteiger partial charge is 0.395 e. The summed E-state index contributed by atoms with van der Waals surface area (Å²) in [5.41, 5.74) is 0. The highest BCUT2D eigenvalue weighted by Gasteiger charge is 2.24. The Kier molecular flexibility index (Phi) is 4.31. The van der Waals surface area contributed by atoms with Crippen LogP contribution in [0.4, 0.5) is 0 Å². The van der Waals surface area contributed by atoms with E-state index in [2.05, 4.69) is 4.72 Å². The molecule has 1 fully saturated rings. The average molecular weight is 223 g/mol. The number of aliphatic hydroxyl groups is 1. The molecule has 1 rings (SSSR count). The molecule has 1 heterocycles. The van der Waals surface area contributed by atoms with Crippen molar-refractivity contribution in [2.24, 2.45) is 0 Å². The molecule has 2 atom stereocenters. The monoisotopic (exact) mass is 223 g/mol. The van der Waals surface area contributed by atoms with Crippen LogP contribution in [0, 0.1) is 0 Å². The Hall–Kier alpha value is -0.170. The predicted octanol–water partition coefficient (Wildman–Crippen LogP) is -0.534. The lowest BCUT2D eigenvalue weighted by molar-refractivity contribution is 0.127. The smallest absolute Gasteiger partial charge is 0.214 e. The normalized spacial score (nSPS) is 25.1. The molecule has 0 aromatic carbocycles. The first-order valence-electron chi connectivity index (χ1n) is 4.76. The Morgan fingerprint density at radius 2 is 2.36 bits per heavy atom. The first-order valence-corrected chi connectivity index (χ1v) is 6.41. The van der Waals surface area contributed by atoms with Crippen LogP contribution in [0.5, 0.6) is 0 Å². The van der Waals surface area contributed by atoms with E-state index < -0.39 is 16.1 Å². The lowest BCUT2D eigenvalue weighted by Crippen LogP contribution is -2.39. The minimum Gasteiger partial charge on any atom is -0.395 e. The van der Waals surface area contributed by atoms with E-state index in [0.717, 1.165) is 12.8 Å². The number of aliphatic hydroxyl groups excluding tert-OH is 1. The van der Waals surface area contributed by atoms with Gasteiger partial charge in [0, 0.05) is 12.6 Å². The summed E-state index contributed by atoms with van der Waals surface area (Å²) >= 11 is 0. The zero-order valence-corrected chi connectivity index (χ0v) is 9.09. The van der Waals surface area contributed by atoms with Gasteiger partial charge in [-0.2, -0.15) is 0 Å². The molecule has 0 radical (unpaired) electrons. The van der Waals surface area contributed by atoms with E-state index in [4.69, 9.17) is 9.84 Å². The Labute approximate surface area is 84.5 Å². The molecule has 6 heteroatoms. The van der Waals surface area contributed by atoms with Crippen molar-refractivity contribution in [1.29, 1.82) is 0 Å². The number of ether oxygens (including phenoxy) is 1. The maximum Gasteiger partial charge on any atom is 0.214 e. The van der Waals surface area contributed by atoms with E-state index in [1.807, 2.05) is 0 Å². The highest BCUT2D eigenvalue weighted by atomic mass is 32.2. The molecule has 5 nitrogen and oxygen atoms in total. The maximum absolute atomic E-state index is 11.5. The van der Waals surface area contributed by atoms with Crippen LogP contribution in [0.15, 0.2) is 0 Å². The van der Waals surface area contributed by atoms with Crippen LogP contribution >= 0.6 is 0 Å². The molecule has 14 heavy (non-hydrogen) atoms. The van der Waals surface area contributed by atoms with E-state index in [-0.39, 0.29) is 18.5 Å². The van der Waals surface area contributed by atoms with Crippen LogP contribution in [0.2, 0.25) is 0 Å². The molecule has 0 bridgehead atoms. The zero-order chi connectivity index (χ0) is 10.6. The summed E-state index contributed by atoms with van der Waals surface area (Å²) in [4.78, 5) is 0. The minimum absolute atomic E-state index is 0.00264. The molecule has 0 amide bonds. The summed E-state index contributed by atoms with van der Waals surface area (Å²) in [6.45, 7) is 2.08. The molecule has 1 unspecified atom stereocenters. The lowest BCUT2D eigenvalue weighted by Gasteiger charge is -2.14. The predicted molar refractivity (Wildman–Crippen MR) is 52.4 cm³/mol. The number of rotatable bonds is 5. The summed E-state index contributed by atoms with van der Waals surface area (Å²) < 4.78 is 30.5. The molecule has 0 spiro atoms. The molecule has 0 saturated carbocycles. The second kappa shape index (κ2) is 5.06. The van der Waals surface area contributed by atoms with E-state index in [9.17, 15) is 8.42 Å². The molecule has 1 saturated heterocycles. The Bertz CT molecular complexity index is 259. The van der Waals surface area contributed by atoms with Gasteiger partial charge in [-0.3, -0.25) is 0 Å². The second-order valence-electron chi connectivity index (χ2n) is 3.62. The standard InChI is InChI=1S/C8H17NO4S/c1-7(5-10)9-14(11,12)6-8-3-2-4-13-8/h7-10H,2-6H2,1H3/t7-,8?/m1/s1. The molecule has 0 aromatic rings. The SMILES string of the molecule is C[C@H](CO)NS(=O)(=O)CC1CCCO1. The molecule has 1 aliphatic heterocycles. The lowest BCUT2D eigenvalue weighted by atomic mass is 10.3. The number of nitrogens with one attached hydrogen (secondary N) is 1. The van der Waals surface area contributed by atoms with Gasteiger partial charge in [-0.25, -0.2) is 13.1 Å². The summed E-state index contributed by atoms with van der Waals surface area (Å²) in [6.07, 6.45) is 1.54. The number of hydrogen-bond acceptors (Lipinski definition) is 4. The van der Waals surface area contributed by atoms with Gasteiger partial charge in [0.15, 0.2) is 0 Å². The third-order valence-electron chi connectivity index (χ3n) is 2.08. The molecule has 1 aliphatic rings. The highest BCUT2D eigenvalue weighted by molar-refractivity contribution is 7.89. The summed E-state index contributed by atoms with van der Waals surface area (Å²) in [5.74, 6) is -0.00264. The molecule has 0 aromatic heterocycles. The van der Waals surface area contributed by atoms with Crippen molar-refractivity contribution in [3.63, 3.8) is 0 Å². The van der Waals surface area contributed by atoms with Crippen molar-refractivity contribution in [2.75, 3.05) is 19.0 Å². The van der Waals surface area contributed by atoms with E-state index in [1.165, 1.54) is 0 Å². The molecular weight excluding hydrogens is 206 g/mol. The van der Waals surface area contributed by atoms with Crippen LogP contribution in [0.3, 0.4) is 0 Å². The molecule has 84 valence electrons. The van der Waals surface area contributed by atoms with Gasteiger partial charge in [0.05, 0.1) is 18.5 Å². The first-order chi connectivity index (χ1) is 6.53. The quantitative estimate of drug-likeness (QED) is 0.656. The van der Waals surface area contributed by atoms with Gasteiger partial charge in [0.1, 0.15) is 0 Å². The minimum atomic E-state index is -3.31. The topological polar surface area (TPSA) is 75.6 Å². The fraction of sp³-hybridized carbons (Fsp3) is 1.00. The van der Waals surface area contributed by atoms with E-state index >= 15 is 0 Å². The maximum atomic E-state index is 11.5. The van der Waals surface area contributed by atoms with Crippen molar-refractivity contribution >= 4 is 10.0 Å². The van der Waals surface area contributed by atoms with Crippen LogP contribution in [0.1, 0.15) is 19.8 Å². The fourth-order valence-corrected chi connectivity index (χ4v) is 2.95. The second-order valence-corrected chi connectivity index (χ2v) is 5.42. The highest BCUT2D eigenvalue weighted by Crippen LogP contribution is 2.13. The third kappa shape index (κ3) is 3.91. The van der Waals surface area contributed by atoms with Crippen molar-refractivity contribution in [3.05, 3.63) is 0 Å². The van der Waals surface area contributed by atoms with Gasteiger partial charge in [-0.1, -0.05) is 0 Å². The average Bonchev–Trinajstić information content (AvgIpc) is 2.54. The third-order valence-corrected chi connectivity index (χ3v) is 3.66. The van der Waals surface area contributed by atoms with Gasteiger partial charge in [0.2, 0.25) is 10.0 Å². The van der Waals surface area contributed by atoms with Gasteiger partial charge in [-0.15, -0.1) is 0 Å². The van der Waals surface area contributed by atoms with Crippen molar-refractivity contribution in [3.8, 4) is 0 Å². The van der Waals surface area contributed by atoms with Crippen LogP contribution in [0.25, 0.3) is 0 Å². The Balaban J connectivity index is 2.40. The first kappa shape index (κ1) is 11.9. The van der Waals surface area contributed by atoms with Gasteiger partial charge in [0.25, 0.3) is 0 Å². The van der Waals surface area contributed by atoms with Crippen molar-refractivity contribution in [1.82, 2.24) is 4.72 Å². The van der Waals surface area contributed by atoms with Gasteiger partial charge < -0.3 is 9.84 Å². The summed E-state index contributed by atoms with van der Waals surface area (Å²) in [6, 6.07) is -0.429. The van der Waals surface area contributed by atoms with Crippen LogP contribution in [-0.2, 0) is 14.8 Å². The summed E-state index contributed by atoms with van der Waals surface area (Å²) in [7, 11) is -3.31. The fourth-order valence-electron chi connectivity index (χ4n) is 1.41. The molecule has 2 N–H and O–H groups in total. The van der Waals surface area contributed by atoms with Crippen LogP contribution < -0.4 is 4.72 Å². The molecular formula is C8H17NO4S. The number of hydrogen-bond donors (Lipinski definition) is 2. The number of sulfonamides is 1. The van der Waals surface area contributed by atoms with Gasteiger partial charge in [-0.05, 0) is 19.8 Å². The Morgan fingerprint density at radius 1 is 1.64 bits per heavy atom. The van der Waals surface area contributed by atoms with E-state index in [1.54, 1.807) is 6.92 Å². The van der Waals surface area contributed by atoms with Crippen molar-refractivity contribution < 1.29 is 18.3 Å². The summed E-state index contributed by atoms with van der Waals surface area (Å²) in [5, 5.41) is 8.70. The zero-order valence-electron chi connectivity index (χ0n) is 8.27. The molecule has 0 aliphatic carbocycles. The van der Waals surface area contributed by atoms with Crippen molar-refractivity contribution in [2.45, 2.75) is 31.9 Å². The Morgan fingerprint density at radius 3 is 2.86 bits per heavy atom. The van der Waals surface area contributed by atoms with Gasteiger partial charge >= 0.3 is 0 Å². The van der Waals surface area contributed by atoms with Crippen LogP contribution in [-0.4, -0.2) is 44.6 Å².